The van der Waals surface area contributed by atoms with Crippen molar-refractivity contribution < 1.29 is 14.3 Å². The Bertz CT molecular complexity index is 1140. The predicted octanol–water partition coefficient (Wildman–Crippen LogP) is 3.96. The van der Waals surface area contributed by atoms with Crippen molar-refractivity contribution in [3.8, 4) is 6.07 Å². The van der Waals surface area contributed by atoms with Gasteiger partial charge in [0.1, 0.15) is 0 Å². The van der Waals surface area contributed by atoms with Crippen molar-refractivity contribution >= 4 is 28.5 Å². The number of aromatic nitrogens is 1. The summed E-state index contributed by atoms with van der Waals surface area (Å²) in [6.45, 7) is 1.85. The molecule has 1 heterocycles. The average Bonchev–Trinajstić information content (AvgIpc) is 3.09. The lowest BCUT2D eigenvalue weighted by Crippen LogP contribution is -2.21. The molecule has 0 fully saturated rings. The Balaban J connectivity index is 1.43. The van der Waals surface area contributed by atoms with Crippen LogP contribution in [0.5, 0.6) is 0 Å². The minimum absolute atomic E-state index is 0.393. The largest absolute Gasteiger partial charge is 0.452 e. The van der Waals surface area contributed by atoms with Crippen LogP contribution in [0.25, 0.3) is 10.9 Å². The van der Waals surface area contributed by atoms with E-state index in [4.69, 9.17) is 10.00 Å². The van der Waals surface area contributed by atoms with Gasteiger partial charge in [-0.2, -0.15) is 5.26 Å². The van der Waals surface area contributed by atoms with Crippen LogP contribution in [0.4, 0.5) is 5.69 Å². The Hall–Kier alpha value is -3.59. The molecule has 0 radical (unpaired) electrons. The van der Waals surface area contributed by atoms with Crippen molar-refractivity contribution in [2.24, 2.45) is 5.92 Å². The summed E-state index contributed by atoms with van der Waals surface area (Å²) in [6, 6.07) is 14.0. The maximum Gasteiger partial charge on any atom is 0.338 e. The molecule has 146 valence electrons. The monoisotopic (exact) mass is 387 g/mol. The zero-order valence-electron chi connectivity index (χ0n) is 16.1. The second-order valence-corrected chi connectivity index (χ2v) is 7.51. The maximum absolute atomic E-state index is 12.4. The van der Waals surface area contributed by atoms with Crippen LogP contribution in [0.2, 0.25) is 0 Å². The van der Waals surface area contributed by atoms with E-state index in [2.05, 4.69) is 17.2 Å². The number of H-pyrrole nitrogens is 1. The molecule has 6 heteroatoms. The topological polar surface area (TPSA) is 95.0 Å². The standard InChI is InChI=1S/C23H21N3O3/c1-14-5-7-20-18(9-14)19-11-16(6-8-21(19)26-20)23(28)29-13-22(27)25-17-4-2-3-15(10-17)12-24/h2-4,6,8,10-11,14,26H,5,7,9,13H2,1H3,(H,25,27). The molecule has 1 aromatic heterocycles. The highest BCUT2D eigenvalue weighted by molar-refractivity contribution is 5.98. The van der Waals surface area contributed by atoms with E-state index in [1.54, 1.807) is 30.3 Å². The number of nitriles is 1. The highest BCUT2D eigenvalue weighted by Crippen LogP contribution is 2.32. The quantitative estimate of drug-likeness (QED) is 0.663. The number of carbonyl (C=O) groups excluding carboxylic acids is 2. The molecule has 1 aliphatic carbocycles. The lowest BCUT2D eigenvalue weighted by Gasteiger charge is -2.18. The molecule has 3 aromatic rings. The van der Waals surface area contributed by atoms with E-state index in [0.717, 1.165) is 23.7 Å². The lowest BCUT2D eigenvalue weighted by molar-refractivity contribution is -0.119. The molecular weight excluding hydrogens is 366 g/mol. The molecule has 1 unspecified atom stereocenters. The molecule has 6 nitrogen and oxygen atoms in total. The third-order valence-electron chi connectivity index (χ3n) is 5.28. The first-order chi connectivity index (χ1) is 14.0. The van der Waals surface area contributed by atoms with Crippen LogP contribution in [0.15, 0.2) is 42.5 Å². The number of hydrogen-bond acceptors (Lipinski definition) is 4. The summed E-state index contributed by atoms with van der Waals surface area (Å²) in [5.41, 5.74) is 4.91. The SMILES string of the molecule is CC1CCc2[nH]c3ccc(C(=O)OCC(=O)Nc4cccc(C#N)c4)cc3c2C1. The Labute approximate surface area is 168 Å². The maximum atomic E-state index is 12.4. The number of fused-ring (bicyclic) bond motifs is 3. The van der Waals surface area contributed by atoms with E-state index in [1.165, 1.54) is 17.7 Å². The number of hydrogen-bond donors (Lipinski definition) is 2. The minimum Gasteiger partial charge on any atom is -0.452 e. The van der Waals surface area contributed by atoms with Crippen molar-refractivity contribution in [1.82, 2.24) is 4.98 Å². The summed E-state index contributed by atoms with van der Waals surface area (Å²) in [5, 5.41) is 12.6. The number of esters is 1. The molecule has 0 saturated carbocycles. The van der Waals surface area contributed by atoms with Crippen LogP contribution < -0.4 is 5.32 Å². The number of carbonyl (C=O) groups is 2. The third kappa shape index (κ3) is 3.99. The number of anilines is 1. The van der Waals surface area contributed by atoms with Crippen molar-refractivity contribution in [1.29, 1.82) is 5.26 Å². The van der Waals surface area contributed by atoms with E-state index in [-0.39, 0.29) is 0 Å². The first-order valence-electron chi connectivity index (χ1n) is 9.64. The highest BCUT2D eigenvalue weighted by atomic mass is 16.5. The Kier molecular flexibility index (Phi) is 5.05. The van der Waals surface area contributed by atoms with Gasteiger partial charge in [0.25, 0.3) is 5.91 Å². The van der Waals surface area contributed by atoms with Crippen molar-refractivity contribution in [3.05, 3.63) is 64.8 Å². The molecule has 4 rings (SSSR count). The van der Waals surface area contributed by atoms with Gasteiger partial charge >= 0.3 is 5.97 Å². The van der Waals surface area contributed by atoms with E-state index in [1.807, 2.05) is 18.2 Å². The van der Waals surface area contributed by atoms with Gasteiger partial charge in [0.2, 0.25) is 0 Å². The molecule has 0 aliphatic heterocycles. The van der Waals surface area contributed by atoms with Gasteiger partial charge in [-0.05, 0) is 67.1 Å². The van der Waals surface area contributed by atoms with Gasteiger partial charge < -0.3 is 15.0 Å². The van der Waals surface area contributed by atoms with Crippen molar-refractivity contribution in [2.75, 3.05) is 11.9 Å². The number of benzene rings is 2. The summed E-state index contributed by atoms with van der Waals surface area (Å²) in [7, 11) is 0. The van der Waals surface area contributed by atoms with Crippen LogP contribution in [-0.2, 0) is 22.4 Å². The third-order valence-corrected chi connectivity index (χ3v) is 5.28. The smallest absolute Gasteiger partial charge is 0.338 e. The molecule has 1 amide bonds. The average molecular weight is 387 g/mol. The summed E-state index contributed by atoms with van der Waals surface area (Å²) in [5.74, 6) is -0.366. The number of amides is 1. The van der Waals surface area contributed by atoms with E-state index in [9.17, 15) is 9.59 Å². The molecule has 1 atom stereocenters. The Morgan fingerprint density at radius 2 is 2.14 bits per heavy atom. The molecule has 0 spiro atoms. The number of rotatable bonds is 4. The first-order valence-corrected chi connectivity index (χ1v) is 9.64. The molecule has 2 aromatic carbocycles. The van der Waals surface area contributed by atoms with Gasteiger partial charge in [-0.25, -0.2) is 4.79 Å². The normalized spacial score (nSPS) is 15.4. The summed E-state index contributed by atoms with van der Waals surface area (Å²) >= 11 is 0. The fourth-order valence-corrected chi connectivity index (χ4v) is 3.80. The number of aryl methyl sites for hydroxylation is 1. The highest BCUT2D eigenvalue weighted by Gasteiger charge is 2.21. The van der Waals surface area contributed by atoms with Crippen LogP contribution >= 0.6 is 0 Å². The number of aromatic amines is 1. The molecule has 2 N–H and O–H groups in total. The number of nitrogens with one attached hydrogen (secondary N) is 2. The van der Waals surface area contributed by atoms with Gasteiger partial charge in [0.15, 0.2) is 6.61 Å². The molecule has 29 heavy (non-hydrogen) atoms. The van der Waals surface area contributed by atoms with Crippen molar-refractivity contribution in [2.45, 2.75) is 26.2 Å². The van der Waals surface area contributed by atoms with E-state index >= 15 is 0 Å². The molecule has 0 saturated heterocycles. The first kappa shape index (κ1) is 18.8. The fourth-order valence-electron chi connectivity index (χ4n) is 3.80. The minimum atomic E-state index is -0.536. The zero-order chi connectivity index (χ0) is 20.4. The van der Waals surface area contributed by atoms with Crippen LogP contribution in [0, 0.1) is 17.2 Å². The van der Waals surface area contributed by atoms with Gasteiger partial charge in [0.05, 0.1) is 17.2 Å². The fraction of sp³-hybridized carbons (Fsp3) is 0.261. The second kappa shape index (κ2) is 7.80. The Morgan fingerprint density at radius 3 is 2.97 bits per heavy atom. The van der Waals surface area contributed by atoms with E-state index < -0.39 is 18.5 Å². The van der Waals surface area contributed by atoms with Crippen LogP contribution in [0.3, 0.4) is 0 Å². The molecule has 1 aliphatic rings. The summed E-state index contributed by atoms with van der Waals surface area (Å²) < 4.78 is 5.18. The number of nitrogens with zero attached hydrogens (tertiary/aromatic N) is 1. The van der Waals surface area contributed by atoms with Gasteiger partial charge in [-0.1, -0.05) is 13.0 Å². The molecule has 0 bridgehead atoms. The molecular formula is C23H21N3O3. The van der Waals surface area contributed by atoms with Gasteiger partial charge in [-0.15, -0.1) is 0 Å². The van der Waals surface area contributed by atoms with Gasteiger partial charge in [0, 0.05) is 22.3 Å². The number of ether oxygens (including phenoxy) is 1. The second-order valence-electron chi connectivity index (χ2n) is 7.51. The predicted molar refractivity (Wildman–Crippen MR) is 110 cm³/mol. The Morgan fingerprint density at radius 1 is 1.28 bits per heavy atom. The van der Waals surface area contributed by atoms with Crippen LogP contribution in [-0.4, -0.2) is 23.5 Å². The van der Waals surface area contributed by atoms with E-state index in [0.29, 0.717) is 22.7 Å². The van der Waals surface area contributed by atoms with Crippen LogP contribution in [0.1, 0.15) is 40.5 Å². The summed E-state index contributed by atoms with van der Waals surface area (Å²) in [6.07, 6.45) is 3.19. The lowest BCUT2D eigenvalue weighted by atomic mass is 9.87. The van der Waals surface area contributed by atoms with Crippen molar-refractivity contribution in [3.63, 3.8) is 0 Å². The van der Waals surface area contributed by atoms with Gasteiger partial charge in [-0.3, -0.25) is 4.79 Å². The zero-order valence-corrected chi connectivity index (χ0v) is 16.1. The summed E-state index contributed by atoms with van der Waals surface area (Å²) in [4.78, 5) is 28.0.